The maximum Gasteiger partial charge on any atom is 0.272 e. The summed E-state index contributed by atoms with van der Waals surface area (Å²) in [6.07, 6.45) is 2.94. The summed E-state index contributed by atoms with van der Waals surface area (Å²) >= 11 is 23.9. The van der Waals surface area contributed by atoms with Gasteiger partial charge in [0.15, 0.2) is 0 Å². The predicted octanol–water partition coefficient (Wildman–Crippen LogP) is 3.33. The molecule has 0 unspecified atom stereocenters. The van der Waals surface area contributed by atoms with Gasteiger partial charge in [-0.1, -0.05) is 58.5 Å². The highest BCUT2D eigenvalue weighted by molar-refractivity contribution is 6.36. The van der Waals surface area contributed by atoms with Gasteiger partial charge in [0.2, 0.25) is 0 Å². The first kappa shape index (κ1) is 18.8. The monoisotopic (exact) mass is 426 g/mol. The van der Waals surface area contributed by atoms with Crippen LogP contribution >= 0.6 is 46.4 Å². The number of hydrogen-bond donors (Lipinski definition) is 2. The fraction of sp³-hybridized carbons (Fsp3) is 0. The van der Waals surface area contributed by atoms with E-state index in [2.05, 4.69) is 9.97 Å². The highest BCUT2D eigenvalue weighted by Gasteiger charge is 2.02. The maximum atomic E-state index is 12.3. The average Bonchev–Trinajstić information content (AvgIpc) is 2.57. The Morgan fingerprint density at radius 1 is 0.654 bits per heavy atom. The lowest BCUT2D eigenvalue weighted by molar-refractivity contribution is 1.00. The summed E-state index contributed by atoms with van der Waals surface area (Å²) in [5.74, 6) is 0. The van der Waals surface area contributed by atoms with E-state index in [1.165, 1.54) is 12.2 Å². The van der Waals surface area contributed by atoms with Gasteiger partial charge in [0, 0.05) is 20.1 Å². The lowest BCUT2D eigenvalue weighted by Crippen LogP contribution is -2.46. The molecule has 0 spiro atoms. The SMILES string of the molecule is O=c1[nH]/c(=C/c2ccc(Cl)cc2Cl)c(=O)[nH]/c1=C/c1ccc(Cl)cc1Cl. The number of aromatic nitrogens is 2. The van der Waals surface area contributed by atoms with Crippen molar-refractivity contribution in [3.8, 4) is 0 Å². The van der Waals surface area contributed by atoms with Crippen LogP contribution in [-0.2, 0) is 0 Å². The molecule has 0 atom stereocenters. The third-order valence-electron chi connectivity index (χ3n) is 3.51. The summed E-state index contributed by atoms with van der Waals surface area (Å²) < 4.78 is 0. The van der Waals surface area contributed by atoms with Gasteiger partial charge in [-0.25, -0.2) is 0 Å². The lowest BCUT2D eigenvalue weighted by atomic mass is 10.2. The van der Waals surface area contributed by atoms with Crippen molar-refractivity contribution in [1.82, 2.24) is 9.97 Å². The van der Waals surface area contributed by atoms with Crippen LogP contribution in [0.4, 0.5) is 0 Å². The van der Waals surface area contributed by atoms with Gasteiger partial charge < -0.3 is 9.97 Å². The third kappa shape index (κ3) is 4.22. The molecular weight excluding hydrogens is 418 g/mol. The molecule has 0 aliphatic carbocycles. The second-order valence-corrected chi connectivity index (χ2v) is 7.04. The number of nitrogens with one attached hydrogen (secondary N) is 2. The number of halogens is 4. The van der Waals surface area contributed by atoms with Crippen molar-refractivity contribution in [2.45, 2.75) is 0 Å². The zero-order valence-electron chi connectivity index (χ0n) is 12.9. The molecular formula is C18H10Cl4N2O2. The standard InChI is InChI=1S/C18H10Cl4N2O2/c19-11-3-1-9(13(21)7-11)5-15-17(25)24-16(18(26)23-15)6-10-2-4-12(20)8-14(10)22/h1-8H,(H,23,26)(H,24,25)/b15-5+,16-6+. The molecule has 2 N–H and O–H groups in total. The first-order chi connectivity index (χ1) is 12.3. The normalized spacial score (nSPS) is 12.6. The van der Waals surface area contributed by atoms with Crippen molar-refractivity contribution in [3.63, 3.8) is 0 Å². The Kier molecular flexibility index (Phi) is 5.58. The minimum Gasteiger partial charge on any atom is -0.316 e. The smallest absolute Gasteiger partial charge is 0.272 e. The van der Waals surface area contributed by atoms with Crippen LogP contribution in [0.2, 0.25) is 20.1 Å². The minimum atomic E-state index is -0.480. The topological polar surface area (TPSA) is 65.7 Å². The summed E-state index contributed by atoms with van der Waals surface area (Å²) in [4.78, 5) is 29.7. The first-order valence-corrected chi connectivity index (χ1v) is 8.81. The van der Waals surface area contributed by atoms with E-state index in [-0.39, 0.29) is 10.7 Å². The molecule has 0 aliphatic rings. The van der Waals surface area contributed by atoms with Gasteiger partial charge in [0.05, 0.1) is 0 Å². The molecule has 0 fully saturated rings. The van der Waals surface area contributed by atoms with Crippen LogP contribution < -0.4 is 21.8 Å². The second kappa shape index (κ2) is 7.72. The van der Waals surface area contributed by atoms with Gasteiger partial charge >= 0.3 is 0 Å². The molecule has 3 aromatic rings. The van der Waals surface area contributed by atoms with Gasteiger partial charge in [0.25, 0.3) is 11.1 Å². The van der Waals surface area contributed by atoms with Gasteiger partial charge in [-0.2, -0.15) is 0 Å². The summed E-state index contributed by atoms with van der Waals surface area (Å²) in [5, 5.41) is 1.80. The van der Waals surface area contributed by atoms with Crippen molar-refractivity contribution in [3.05, 3.63) is 99.0 Å². The molecule has 0 aliphatic heterocycles. The van der Waals surface area contributed by atoms with Crippen LogP contribution in [0.3, 0.4) is 0 Å². The van der Waals surface area contributed by atoms with E-state index >= 15 is 0 Å². The Morgan fingerprint density at radius 3 is 1.38 bits per heavy atom. The molecule has 0 saturated carbocycles. The quantitative estimate of drug-likeness (QED) is 0.658. The summed E-state index contributed by atoms with van der Waals surface area (Å²) in [6, 6.07) is 9.66. The van der Waals surface area contributed by atoms with Gasteiger partial charge in [-0.3, -0.25) is 9.59 Å². The van der Waals surface area contributed by atoms with Crippen LogP contribution in [0.15, 0.2) is 46.0 Å². The van der Waals surface area contributed by atoms with Crippen molar-refractivity contribution in [1.29, 1.82) is 0 Å². The van der Waals surface area contributed by atoms with Gasteiger partial charge in [-0.05, 0) is 47.5 Å². The molecule has 0 bridgehead atoms. The molecule has 0 amide bonds. The number of rotatable bonds is 2. The Balaban J connectivity index is 2.15. The predicted molar refractivity (Wildman–Crippen MR) is 107 cm³/mol. The number of benzene rings is 2. The second-order valence-electron chi connectivity index (χ2n) is 5.36. The Labute approximate surface area is 167 Å². The van der Waals surface area contributed by atoms with Gasteiger partial charge in [-0.15, -0.1) is 0 Å². The zero-order valence-corrected chi connectivity index (χ0v) is 16.0. The van der Waals surface area contributed by atoms with Crippen LogP contribution in [-0.4, -0.2) is 9.97 Å². The first-order valence-electron chi connectivity index (χ1n) is 7.29. The summed E-state index contributed by atoms with van der Waals surface area (Å²) in [6.45, 7) is 0. The highest BCUT2D eigenvalue weighted by atomic mass is 35.5. The summed E-state index contributed by atoms with van der Waals surface area (Å²) in [7, 11) is 0. The molecule has 132 valence electrons. The molecule has 0 saturated heterocycles. The van der Waals surface area contributed by atoms with Crippen LogP contribution in [0, 0.1) is 0 Å². The Morgan fingerprint density at radius 2 is 1.04 bits per heavy atom. The van der Waals surface area contributed by atoms with E-state index < -0.39 is 11.1 Å². The number of H-pyrrole nitrogens is 2. The molecule has 26 heavy (non-hydrogen) atoms. The van der Waals surface area contributed by atoms with Crippen molar-refractivity contribution in [2.75, 3.05) is 0 Å². The third-order valence-corrected chi connectivity index (χ3v) is 4.64. The minimum absolute atomic E-state index is 0.0681. The lowest BCUT2D eigenvalue weighted by Gasteiger charge is -1.99. The fourth-order valence-corrected chi connectivity index (χ4v) is 3.17. The molecule has 8 heteroatoms. The fourth-order valence-electron chi connectivity index (χ4n) is 2.24. The molecule has 1 heterocycles. The van der Waals surface area contributed by atoms with E-state index in [4.69, 9.17) is 46.4 Å². The van der Waals surface area contributed by atoms with Crippen molar-refractivity contribution >= 4 is 58.6 Å². The van der Waals surface area contributed by atoms with E-state index in [0.717, 1.165) is 0 Å². The molecule has 4 nitrogen and oxygen atoms in total. The molecule has 2 aromatic carbocycles. The molecule has 3 rings (SSSR count). The zero-order chi connectivity index (χ0) is 18.8. The van der Waals surface area contributed by atoms with Crippen molar-refractivity contribution in [2.24, 2.45) is 0 Å². The summed E-state index contributed by atoms with van der Waals surface area (Å²) in [5.41, 5.74) is 0.142. The average molecular weight is 428 g/mol. The highest BCUT2D eigenvalue weighted by Crippen LogP contribution is 2.21. The Bertz CT molecular complexity index is 1130. The maximum absolute atomic E-state index is 12.3. The van der Waals surface area contributed by atoms with E-state index in [0.29, 0.717) is 31.2 Å². The van der Waals surface area contributed by atoms with Gasteiger partial charge in [0.1, 0.15) is 10.7 Å². The van der Waals surface area contributed by atoms with E-state index in [1.807, 2.05) is 0 Å². The van der Waals surface area contributed by atoms with Crippen LogP contribution in [0.5, 0.6) is 0 Å². The molecule has 1 aromatic heterocycles. The van der Waals surface area contributed by atoms with Crippen LogP contribution in [0.25, 0.3) is 12.2 Å². The number of aromatic amines is 2. The van der Waals surface area contributed by atoms with E-state index in [1.54, 1.807) is 36.4 Å². The molecule has 0 radical (unpaired) electrons. The Hall–Kier alpha value is -1.98. The largest absolute Gasteiger partial charge is 0.316 e. The van der Waals surface area contributed by atoms with Crippen LogP contribution in [0.1, 0.15) is 11.1 Å². The number of hydrogen-bond acceptors (Lipinski definition) is 2. The van der Waals surface area contributed by atoms with Crippen molar-refractivity contribution < 1.29 is 0 Å². The van der Waals surface area contributed by atoms with E-state index in [9.17, 15) is 9.59 Å².